The SMILES string of the molecule is CC(=O)Nc1nc2c(N(C)c3ccnc(N(C)c4ccc(S(C)(=O)=O)cc4)n3)cccc2n1Cc1cccc(F)c1C(F)(F)F. The number of hydrogen-bond donors (Lipinski definition) is 1. The van der Waals surface area contributed by atoms with Gasteiger partial charge < -0.3 is 14.4 Å². The highest BCUT2D eigenvalue weighted by Crippen LogP contribution is 2.37. The molecule has 0 atom stereocenters. The number of para-hydroxylation sites is 1. The van der Waals surface area contributed by atoms with E-state index in [1.807, 2.05) is 0 Å². The van der Waals surface area contributed by atoms with Crippen LogP contribution in [0.15, 0.2) is 77.8 Å². The van der Waals surface area contributed by atoms with E-state index >= 15 is 0 Å². The van der Waals surface area contributed by atoms with Crippen LogP contribution >= 0.6 is 0 Å². The van der Waals surface area contributed by atoms with Gasteiger partial charge in [0.1, 0.15) is 17.2 Å². The fourth-order valence-electron chi connectivity index (χ4n) is 4.85. The van der Waals surface area contributed by atoms with E-state index in [2.05, 4.69) is 20.3 Å². The number of alkyl halides is 3. The maximum atomic E-state index is 14.4. The summed E-state index contributed by atoms with van der Waals surface area (Å²) in [5.74, 6) is -1.18. The van der Waals surface area contributed by atoms with Crippen LogP contribution in [-0.4, -0.2) is 54.2 Å². The predicted octanol–water partition coefficient (Wildman–Crippen LogP) is 5.93. The molecule has 10 nitrogen and oxygen atoms in total. The minimum Gasteiger partial charge on any atom is -0.327 e. The van der Waals surface area contributed by atoms with E-state index in [-0.39, 0.29) is 16.4 Å². The minimum atomic E-state index is -4.94. The second-order valence-electron chi connectivity index (χ2n) is 10.2. The number of hydrogen-bond acceptors (Lipinski definition) is 8. The molecule has 5 aromatic rings. The van der Waals surface area contributed by atoms with E-state index < -0.39 is 39.8 Å². The molecule has 1 N–H and O–H groups in total. The number of imidazole rings is 1. The number of fused-ring (bicyclic) bond motifs is 1. The zero-order valence-corrected chi connectivity index (χ0v) is 25.3. The standard InChI is InChI=1S/C30H27F4N7O3S/c1-18(42)36-29-38-27-23(9-6-10-24(27)41(29)17-19-7-5-8-22(31)26(19)30(32,33)34)40(3)25-15-16-35-28(37-25)39(2)20-11-13-21(14-12-20)45(4,43)44/h5-16H,17H2,1-4H3,(H,36,38,42). The quantitative estimate of drug-likeness (QED) is 0.208. The molecule has 0 bridgehead atoms. The fourth-order valence-corrected chi connectivity index (χ4v) is 5.48. The van der Waals surface area contributed by atoms with Gasteiger partial charge >= 0.3 is 6.18 Å². The van der Waals surface area contributed by atoms with E-state index in [4.69, 9.17) is 0 Å². The average Bonchev–Trinajstić information content (AvgIpc) is 3.31. The van der Waals surface area contributed by atoms with Gasteiger partial charge in [-0.15, -0.1) is 0 Å². The lowest BCUT2D eigenvalue weighted by Gasteiger charge is -2.22. The second kappa shape index (κ2) is 11.8. The van der Waals surface area contributed by atoms with Crippen molar-refractivity contribution in [2.24, 2.45) is 0 Å². The summed E-state index contributed by atoms with van der Waals surface area (Å²) in [5.41, 5.74) is 0.158. The van der Waals surface area contributed by atoms with Gasteiger partial charge in [0, 0.05) is 39.2 Å². The highest BCUT2D eigenvalue weighted by Gasteiger charge is 2.37. The lowest BCUT2D eigenvalue weighted by atomic mass is 10.1. The molecule has 5 rings (SSSR count). The van der Waals surface area contributed by atoms with E-state index in [0.717, 1.165) is 12.3 Å². The van der Waals surface area contributed by atoms with Crippen LogP contribution in [0, 0.1) is 5.82 Å². The van der Waals surface area contributed by atoms with E-state index in [1.165, 1.54) is 35.8 Å². The third-order valence-corrected chi connectivity index (χ3v) is 8.17. The molecule has 234 valence electrons. The van der Waals surface area contributed by atoms with Crippen molar-refractivity contribution in [3.8, 4) is 0 Å². The molecule has 0 aliphatic carbocycles. The summed E-state index contributed by atoms with van der Waals surface area (Å²) in [7, 11) is 0.0689. The highest BCUT2D eigenvalue weighted by atomic mass is 32.2. The number of aromatic nitrogens is 4. The highest BCUT2D eigenvalue weighted by molar-refractivity contribution is 7.90. The van der Waals surface area contributed by atoms with Gasteiger partial charge in [-0.1, -0.05) is 18.2 Å². The largest absolute Gasteiger partial charge is 0.419 e. The summed E-state index contributed by atoms with van der Waals surface area (Å²) in [6.07, 6.45) is -2.28. The van der Waals surface area contributed by atoms with Crippen molar-refractivity contribution in [3.05, 3.63) is 89.9 Å². The first kappa shape index (κ1) is 31.4. The van der Waals surface area contributed by atoms with Gasteiger partial charge in [-0.2, -0.15) is 18.2 Å². The van der Waals surface area contributed by atoms with Crippen molar-refractivity contribution in [3.63, 3.8) is 0 Å². The van der Waals surface area contributed by atoms with Crippen LogP contribution in [0.25, 0.3) is 11.0 Å². The number of nitrogens with one attached hydrogen (secondary N) is 1. The first-order valence-corrected chi connectivity index (χ1v) is 15.3. The van der Waals surface area contributed by atoms with Crippen molar-refractivity contribution in [1.29, 1.82) is 0 Å². The molecule has 0 saturated heterocycles. The molecule has 0 aliphatic rings. The monoisotopic (exact) mass is 641 g/mol. The summed E-state index contributed by atoms with van der Waals surface area (Å²) < 4.78 is 80.8. The van der Waals surface area contributed by atoms with Crippen molar-refractivity contribution >= 4 is 55.9 Å². The minimum absolute atomic E-state index is 0.0172. The number of halogens is 4. The van der Waals surface area contributed by atoms with Crippen LogP contribution < -0.4 is 15.1 Å². The van der Waals surface area contributed by atoms with Gasteiger partial charge in [0.15, 0.2) is 9.84 Å². The maximum Gasteiger partial charge on any atom is 0.419 e. The molecule has 3 aromatic carbocycles. The second-order valence-corrected chi connectivity index (χ2v) is 12.2. The molecule has 45 heavy (non-hydrogen) atoms. The topological polar surface area (TPSA) is 113 Å². The molecule has 2 aromatic heterocycles. The van der Waals surface area contributed by atoms with Crippen LogP contribution in [0.2, 0.25) is 0 Å². The van der Waals surface area contributed by atoms with Gasteiger partial charge in [-0.3, -0.25) is 10.1 Å². The molecular weight excluding hydrogens is 614 g/mol. The molecule has 1 amide bonds. The van der Waals surface area contributed by atoms with Gasteiger partial charge in [-0.25, -0.2) is 22.8 Å². The Hall–Kier alpha value is -5.05. The van der Waals surface area contributed by atoms with E-state index in [1.54, 1.807) is 66.5 Å². The molecule has 0 fully saturated rings. The Kier molecular flexibility index (Phi) is 8.23. The normalized spacial score (nSPS) is 11.9. The Labute approximate surface area is 255 Å². The van der Waals surface area contributed by atoms with Gasteiger partial charge in [-0.05, 0) is 54.1 Å². The zero-order valence-electron chi connectivity index (χ0n) is 24.5. The smallest absolute Gasteiger partial charge is 0.327 e. The number of anilines is 5. The number of carbonyl (C=O) groups is 1. The number of sulfone groups is 1. The van der Waals surface area contributed by atoms with E-state index in [0.29, 0.717) is 34.2 Å². The Morgan fingerprint density at radius 3 is 2.29 bits per heavy atom. The molecule has 0 unspecified atom stereocenters. The Morgan fingerprint density at radius 1 is 0.956 bits per heavy atom. The number of nitrogens with zero attached hydrogens (tertiary/aromatic N) is 6. The third-order valence-electron chi connectivity index (χ3n) is 7.04. The molecule has 0 radical (unpaired) electrons. The lowest BCUT2D eigenvalue weighted by Crippen LogP contribution is -2.17. The number of rotatable bonds is 8. The molecule has 0 aliphatic heterocycles. The van der Waals surface area contributed by atoms with E-state index in [9.17, 15) is 30.8 Å². The molecule has 2 heterocycles. The summed E-state index contributed by atoms with van der Waals surface area (Å²) >= 11 is 0. The Bertz CT molecular complexity index is 2010. The lowest BCUT2D eigenvalue weighted by molar-refractivity contribution is -0.140. The first-order chi connectivity index (χ1) is 21.1. The molecular formula is C30H27F4N7O3S. The number of amides is 1. The number of carbonyl (C=O) groups excluding carboxylic acids is 1. The summed E-state index contributed by atoms with van der Waals surface area (Å²) in [4.78, 5) is 29.1. The van der Waals surface area contributed by atoms with Gasteiger partial charge in [0.25, 0.3) is 0 Å². The van der Waals surface area contributed by atoms with Crippen LogP contribution in [-0.2, 0) is 27.4 Å². The summed E-state index contributed by atoms with van der Waals surface area (Å²) in [5, 5.41) is 2.57. The van der Waals surface area contributed by atoms with Gasteiger partial charge in [0.05, 0.1) is 28.2 Å². The Morgan fingerprint density at radius 2 is 1.64 bits per heavy atom. The summed E-state index contributed by atoms with van der Waals surface area (Å²) in [6, 6.07) is 16.1. The average molecular weight is 642 g/mol. The van der Waals surface area contributed by atoms with Crippen LogP contribution in [0.5, 0.6) is 0 Å². The van der Waals surface area contributed by atoms with Gasteiger partial charge in [0.2, 0.25) is 17.8 Å². The molecule has 0 saturated carbocycles. The molecule has 0 spiro atoms. The molecule has 15 heteroatoms. The maximum absolute atomic E-state index is 14.4. The van der Waals surface area contributed by atoms with Crippen LogP contribution in [0.1, 0.15) is 18.1 Å². The van der Waals surface area contributed by atoms with Crippen molar-refractivity contribution in [2.75, 3.05) is 35.5 Å². The third kappa shape index (κ3) is 6.43. The predicted molar refractivity (Wildman–Crippen MR) is 162 cm³/mol. The van der Waals surface area contributed by atoms with Crippen LogP contribution in [0.4, 0.5) is 46.7 Å². The van der Waals surface area contributed by atoms with Crippen molar-refractivity contribution < 1.29 is 30.8 Å². The van der Waals surface area contributed by atoms with Crippen molar-refractivity contribution in [1.82, 2.24) is 19.5 Å². The van der Waals surface area contributed by atoms with Crippen LogP contribution in [0.3, 0.4) is 0 Å². The fraction of sp³-hybridized carbons (Fsp3) is 0.200. The number of benzene rings is 3. The first-order valence-electron chi connectivity index (χ1n) is 13.4. The zero-order chi connectivity index (χ0) is 32.7. The van der Waals surface area contributed by atoms with Crippen molar-refractivity contribution in [2.45, 2.75) is 24.5 Å². The summed E-state index contributed by atoms with van der Waals surface area (Å²) in [6.45, 7) is 0.820. The Balaban J connectivity index is 1.55.